The van der Waals surface area contributed by atoms with Gasteiger partial charge >= 0.3 is 0 Å². The van der Waals surface area contributed by atoms with Crippen LogP contribution in [0.5, 0.6) is 0 Å². The molecule has 0 saturated heterocycles. The number of aryl methyl sites for hydroxylation is 2. The van der Waals surface area contributed by atoms with Crippen LogP contribution in [-0.2, 0) is 13.0 Å². The van der Waals surface area contributed by atoms with Crippen molar-refractivity contribution in [3.05, 3.63) is 60.9 Å². The third-order valence-electron chi connectivity index (χ3n) is 3.31. The van der Waals surface area contributed by atoms with Gasteiger partial charge in [0.15, 0.2) is 4.77 Å². The number of hydrogen-bond acceptors (Lipinski definition) is 3. The summed E-state index contributed by atoms with van der Waals surface area (Å²) >= 11 is 12.8. The fraction of sp³-hybridized carbons (Fsp3) is 0.200. The fourth-order valence-corrected chi connectivity index (χ4v) is 3.76. The van der Waals surface area contributed by atoms with Gasteiger partial charge in [-0.05, 0) is 49.3 Å². The second-order valence-electron chi connectivity index (χ2n) is 4.87. The molecule has 0 amide bonds. The molecule has 0 unspecified atom stereocenters. The standard InChI is InChI=1S/C15H13ClN2OS2/c1-9-7-12-13(21-9)17-15(20)18(14(12)19)6-5-10-3-2-4-11(16)8-10/h2-4,7-8H,5-6H2,1H3,(H,17,20). The molecule has 1 N–H and O–H groups in total. The Morgan fingerprint density at radius 3 is 2.95 bits per heavy atom. The molecule has 108 valence electrons. The third-order valence-corrected chi connectivity index (χ3v) is 4.83. The van der Waals surface area contributed by atoms with E-state index in [0.29, 0.717) is 28.1 Å². The Hall–Kier alpha value is -1.43. The van der Waals surface area contributed by atoms with Crippen LogP contribution >= 0.6 is 35.2 Å². The highest BCUT2D eigenvalue weighted by Gasteiger charge is 2.08. The average molecular weight is 337 g/mol. The number of halogens is 1. The minimum absolute atomic E-state index is 0.0277. The van der Waals surface area contributed by atoms with Gasteiger partial charge in [-0.1, -0.05) is 23.7 Å². The number of benzene rings is 1. The van der Waals surface area contributed by atoms with Crippen molar-refractivity contribution >= 4 is 45.4 Å². The van der Waals surface area contributed by atoms with Crippen molar-refractivity contribution in [2.24, 2.45) is 0 Å². The lowest BCUT2D eigenvalue weighted by Crippen LogP contribution is -2.22. The van der Waals surface area contributed by atoms with Crippen LogP contribution < -0.4 is 5.56 Å². The molecule has 0 radical (unpaired) electrons. The predicted molar refractivity (Wildman–Crippen MR) is 91.2 cm³/mol. The Balaban J connectivity index is 1.97. The number of nitrogens with one attached hydrogen (secondary N) is 1. The molecule has 0 bridgehead atoms. The lowest BCUT2D eigenvalue weighted by atomic mass is 10.1. The first-order chi connectivity index (χ1) is 10.0. The number of thiophene rings is 1. The first kappa shape index (κ1) is 14.5. The summed E-state index contributed by atoms with van der Waals surface area (Å²) in [5, 5.41) is 1.41. The van der Waals surface area contributed by atoms with Crippen LogP contribution in [0, 0.1) is 11.7 Å². The summed E-state index contributed by atoms with van der Waals surface area (Å²) in [4.78, 5) is 17.6. The van der Waals surface area contributed by atoms with E-state index in [1.165, 1.54) is 0 Å². The van der Waals surface area contributed by atoms with Crippen molar-refractivity contribution in [2.45, 2.75) is 19.9 Å². The highest BCUT2D eigenvalue weighted by Crippen LogP contribution is 2.20. The molecule has 0 aliphatic heterocycles. The van der Waals surface area contributed by atoms with E-state index in [-0.39, 0.29) is 5.56 Å². The van der Waals surface area contributed by atoms with Gasteiger partial charge in [0.1, 0.15) is 4.83 Å². The van der Waals surface area contributed by atoms with Gasteiger partial charge in [0.2, 0.25) is 0 Å². The zero-order valence-electron chi connectivity index (χ0n) is 11.4. The lowest BCUT2D eigenvalue weighted by Gasteiger charge is -2.06. The maximum atomic E-state index is 12.5. The molecule has 2 heterocycles. The average Bonchev–Trinajstić information content (AvgIpc) is 2.79. The van der Waals surface area contributed by atoms with Crippen LogP contribution in [0.2, 0.25) is 5.02 Å². The van der Waals surface area contributed by atoms with Crippen molar-refractivity contribution in [2.75, 3.05) is 0 Å². The zero-order chi connectivity index (χ0) is 15.0. The second-order valence-corrected chi connectivity index (χ2v) is 6.95. The van der Waals surface area contributed by atoms with Gasteiger partial charge in [0.25, 0.3) is 5.56 Å². The molecule has 6 heteroatoms. The fourth-order valence-electron chi connectivity index (χ4n) is 2.30. The van der Waals surface area contributed by atoms with Crippen molar-refractivity contribution in [3.63, 3.8) is 0 Å². The Morgan fingerprint density at radius 1 is 1.38 bits per heavy atom. The van der Waals surface area contributed by atoms with E-state index in [9.17, 15) is 4.79 Å². The molecule has 0 saturated carbocycles. The number of rotatable bonds is 3. The number of H-pyrrole nitrogens is 1. The molecule has 3 rings (SSSR count). The van der Waals surface area contributed by atoms with Gasteiger partial charge in [-0.15, -0.1) is 11.3 Å². The summed E-state index contributed by atoms with van der Waals surface area (Å²) in [6.07, 6.45) is 0.715. The normalized spacial score (nSPS) is 11.1. The van der Waals surface area contributed by atoms with E-state index in [4.69, 9.17) is 23.8 Å². The molecule has 2 aromatic heterocycles. The predicted octanol–water partition coefficient (Wildman–Crippen LogP) is 4.33. The lowest BCUT2D eigenvalue weighted by molar-refractivity contribution is 0.653. The van der Waals surface area contributed by atoms with Gasteiger partial charge in [-0.2, -0.15) is 0 Å². The Labute approximate surface area is 135 Å². The molecular weight excluding hydrogens is 324 g/mol. The molecule has 21 heavy (non-hydrogen) atoms. The molecule has 0 atom stereocenters. The number of aromatic nitrogens is 2. The summed E-state index contributed by atoms with van der Waals surface area (Å²) in [5.74, 6) is 0. The molecule has 3 nitrogen and oxygen atoms in total. The smallest absolute Gasteiger partial charge is 0.263 e. The van der Waals surface area contributed by atoms with E-state index in [1.54, 1.807) is 15.9 Å². The monoisotopic (exact) mass is 336 g/mol. The number of hydrogen-bond donors (Lipinski definition) is 1. The summed E-state index contributed by atoms with van der Waals surface area (Å²) < 4.78 is 2.08. The zero-order valence-corrected chi connectivity index (χ0v) is 13.7. The summed E-state index contributed by atoms with van der Waals surface area (Å²) in [6.45, 7) is 2.52. The molecule has 0 fully saturated rings. The minimum Gasteiger partial charge on any atom is -0.323 e. The molecular formula is C15H13ClN2OS2. The minimum atomic E-state index is -0.0277. The quantitative estimate of drug-likeness (QED) is 0.723. The van der Waals surface area contributed by atoms with Crippen molar-refractivity contribution < 1.29 is 0 Å². The van der Waals surface area contributed by atoms with Gasteiger partial charge in [0.05, 0.1) is 5.39 Å². The van der Waals surface area contributed by atoms with Gasteiger partial charge in [-0.3, -0.25) is 9.36 Å². The highest BCUT2D eigenvalue weighted by atomic mass is 35.5. The molecule has 0 spiro atoms. The Morgan fingerprint density at radius 2 is 2.19 bits per heavy atom. The summed E-state index contributed by atoms with van der Waals surface area (Å²) in [7, 11) is 0. The summed E-state index contributed by atoms with van der Waals surface area (Å²) in [6, 6.07) is 9.56. The Kier molecular flexibility index (Phi) is 3.97. The van der Waals surface area contributed by atoms with Gasteiger partial charge in [-0.25, -0.2) is 0 Å². The van der Waals surface area contributed by atoms with Gasteiger partial charge in [0, 0.05) is 16.4 Å². The van der Waals surface area contributed by atoms with Crippen LogP contribution in [0.15, 0.2) is 35.1 Å². The highest BCUT2D eigenvalue weighted by molar-refractivity contribution is 7.71. The second kappa shape index (κ2) is 5.75. The number of aromatic amines is 1. The van der Waals surface area contributed by atoms with Crippen LogP contribution in [0.1, 0.15) is 10.4 Å². The van der Waals surface area contributed by atoms with Crippen molar-refractivity contribution in [3.8, 4) is 0 Å². The summed E-state index contributed by atoms with van der Waals surface area (Å²) in [5.41, 5.74) is 1.06. The largest absolute Gasteiger partial charge is 0.323 e. The van der Waals surface area contributed by atoms with Gasteiger partial charge < -0.3 is 4.98 Å². The number of nitrogens with zero attached hydrogens (tertiary/aromatic N) is 1. The topological polar surface area (TPSA) is 37.8 Å². The molecule has 0 aliphatic carbocycles. The third kappa shape index (κ3) is 2.95. The first-order valence-electron chi connectivity index (χ1n) is 6.52. The van der Waals surface area contributed by atoms with E-state index >= 15 is 0 Å². The van der Waals surface area contributed by atoms with E-state index in [0.717, 1.165) is 15.3 Å². The molecule has 3 aromatic rings. The first-order valence-corrected chi connectivity index (χ1v) is 8.12. The van der Waals surface area contributed by atoms with Crippen LogP contribution in [-0.4, -0.2) is 9.55 Å². The van der Waals surface area contributed by atoms with Crippen molar-refractivity contribution in [1.82, 2.24) is 9.55 Å². The van der Waals surface area contributed by atoms with E-state index in [1.807, 2.05) is 37.3 Å². The van der Waals surface area contributed by atoms with Crippen LogP contribution in [0.4, 0.5) is 0 Å². The van der Waals surface area contributed by atoms with Crippen molar-refractivity contribution in [1.29, 1.82) is 0 Å². The van der Waals surface area contributed by atoms with Crippen LogP contribution in [0.25, 0.3) is 10.2 Å². The van der Waals surface area contributed by atoms with E-state index < -0.39 is 0 Å². The molecule has 1 aromatic carbocycles. The maximum absolute atomic E-state index is 12.5. The Bertz CT molecular complexity index is 923. The SMILES string of the molecule is Cc1cc2c(=O)n(CCc3cccc(Cl)c3)c(=S)[nH]c2s1. The molecule has 0 aliphatic rings. The van der Waals surface area contributed by atoms with Crippen LogP contribution in [0.3, 0.4) is 0 Å². The van der Waals surface area contributed by atoms with E-state index in [2.05, 4.69) is 4.98 Å². The number of fused-ring (bicyclic) bond motifs is 1. The maximum Gasteiger partial charge on any atom is 0.263 e.